The van der Waals surface area contributed by atoms with E-state index in [0.717, 1.165) is 25.2 Å². The zero-order chi connectivity index (χ0) is 19.2. The molecule has 1 saturated heterocycles. The largest absolute Gasteiger partial charge is 0.393 e. The predicted molar refractivity (Wildman–Crippen MR) is 106 cm³/mol. The minimum atomic E-state index is -0.497. The number of hydrogen-bond donors (Lipinski definition) is 1. The molecule has 9 atom stereocenters. The number of hydrogen-bond acceptors (Lipinski definition) is 3. The maximum Gasteiger partial charge on any atom is 0.163 e. The minimum absolute atomic E-state index is 0.151. The number of aliphatic hydroxyl groups is 1. The lowest BCUT2D eigenvalue weighted by Gasteiger charge is -2.63. The molecule has 5 fully saturated rings. The van der Waals surface area contributed by atoms with Gasteiger partial charge in [0.1, 0.15) is 0 Å². The van der Waals surface area contributed by atoms with Crippen LogP contribution in [0.4, 0.5) is 0 Å². The molecule has 0 bridgehead atoms. The van der Waals surface area contributed by atoms with Crippen molar-refractivity contribution in [2.24, 2.45) is 34.5 Å². The number of ether oxygens (including phenoxy) is 2. The van der Waals surface area contributed by atoms with Crippen LogP contribution in [0, 0.1) is 34.5 Å². The minimum Gasteiger partial charge on any atom is -0.393 e. The second kappa shape index (κ2) is 5.83. The summed E-state index contributed by atoms with van der Waals surface area (Å²) in [5.74, 6) is 1.97. The molecule has 3 heteroatoms. The van der Waals surface area contributed by atoms with Crippen LogP contribution in [-0.4, -0.2) is 29.2 Å². The Bertz CT molecular complexity index is 654. The lowest BCUT2D eigenvalue weighted by molar-refractivity contribution is -0.182. The van der Waals surface area contributed by atoms with E-state index in [1.165, 1.54) is 25.7 Å². The van der Waals surface area contributed by atoms with E-state index < -0.39 is 5.79 Å². The van der Waals surface area contributed by atoms with Gasteiger partial charge in [-0.15, -0.1) is 0 Å². The van der Waals surface area contributed by atoms with Gasteiger partial charge in [-0.25, -0.2) is 0 Å². The van der Waals surface area contributed by atoms with Gasteiger partial charge in [0.15, 0.2) is 5.79 Å². The zero-order valence-electron chi connectivity index (χ0n) is 17.8. The first-order chi connectivity index (χ1) is 12.7. The van der Waals surface area contributed by atoms with E-state index in [4.69, 9.17) is 9.47 Å². The van der Waals surface area contributed by atoms with Gasteiger partial charge in [0.2, 0.25) is 0 Å². The van der Waals surface area contributed by atoms with Crippen LogP contribution < -0.4 is 0 Å². The van der Waals surface area contributed by atoms with Crippen molar-refractivity contribution in [3.05, 3.63) is 11.6 Å². The smallest absolute Gasteiger partial charge is 0.163 e. The molecule has 0 aromatic heterocycles. The molecule has 152 valence electrons. The molecule has 0 aromatic carbocycles. The van der Waals surface area contributed by atoms with Gasteiger partial charge in [0.25, 0.3) is 0 Å². The van der Waals surface area contributed by atoms with Gasteiger partial charge in [0.05, 0.1) is 18.3 Å². The molecular weight excluding hydrogens is 336 g/mol. The fourth-order valence-corrected chi connectivity index (χ4v) is 8.48. The number of fused-ring (bicyclic) bond motifs is 8. The number of aliphatic hydroxyl groups excluding tert-OH is 1. The third-order valence-electron chi connectivity index (χ3n) is 9.70. The average Bonchev–Trinajstić information content (AvgIpc) is 3.11. The molecular formula is C24H38O3. The van der Waals surface area contributed by atoms with E-state index in [1.54, 1.807) is 5.57 Å². The average molecular weight is 375 g/mol. The Hall–Kier alpha value is -0.380. The summed E-state index contributed by atoms with van der Waals surface area (Å²) < 4.78 is 13.2. The Kier molecular flexibility index (Phi) is 4.02. The van der Waals surface area contributed by atoms with E-state index >= 15 is 0 Å². The van der Waals surface area contributed by atoms with Gasteiger partial charge in [-0.05, 0) is 100 Å². The van der Waals surface area contributed by atoms with E-state index in [-0.39, 0.29) is 23.7 Å². The van der Waals surface area contributed by atoms with Crippen LogP contribution in [0.25, 0.3) is 0 Å². The monoisotopic (exact) mass is 374 g/mol. The molecule has 4 unspecified atom stereocenters. The molecule has 5 rings (SSSR count). The van der Waals surface area contributed by atoms with Crippen LogP contribution in [0.15, 0.2) is 11.6 Å². The SMILES string of the molecule is CC=C1CCC2C3C(CC[C@]12C)[C@@]1(C)CC[C@H](O)CC1[C@H]1OC(C)(C)O[C@H]31. The van der Waals surface area contributed by atoms with Gasteiger partial charge in [-0.3, -0.25) is 0 Å². The molecule has 27 heavy (non-hydrogen) atoms. The molecule has 1 heterocycles. The molecule has 5 aliphatic rings. The van der Waals surface area contributed by atoms with Crippen molar-refractivity contribution < 1.29 is 14.6 Å². The maximum atomic E-state index is 10.5. The Labute approximate surface area is 164 Å². The standard InChI is InChI=1S/C24H38O3/c1-6-14-7-8-16-19-17(10-12-23(14,16)4)24(5)11-9-15(25)13-18(24)20-21(19)27-22(2,3)26-20/h6,15-21,25H,7-13H2,1-5H3/t15-,16?,17?,18?,19?,20+,21+,23+,24+/m0/s1. The molecule has 0 amide bonds. The van der Waals surface area contributed by atoms with Gasteiger partial charge < -0.3 is 14.6 Å². The van der Waals surface area contributed by atoms with Crippen LogP contribution in [0.2, 0.25) is 0 Å². The summed E-state index contributed by atoms with van der Waals surface area (Å²) >= 11 is 0. The highest BCUT2D eigenvalue weighted by Gasteiger charge is 2.67. The van der Waals surface area contributed by atoms with Crippen molar-refractivity contribution in [1.29, 1.82) is 0 Å². The quantitative estimate of drug-likeness (QED) is 0.601. The van der Waals surface area contributed by atoms with Gasteiger partial charge in [-0.2, -0.15) is 0 Å². The fourth-order valence-electron chi connectivity index (χ4n) is 8.48. The van der Waals surface area contributed by atoms with Crippen LogP contribution in [0.1, 0.15) is 79.6 Å². The molecule has 4 aliphatic carbocycles. The third kappa shape index (κ3) is 2.43. The highest BCUT2D eigenvalue weighted by molar-refractivity contribution is 5.25. The van der Waals surface area contributed by atoms with Crippen LogP contribution in [-0.2, 0) is 9.47 Å². The van der Waals surface area contributed by atoms with Crippen molar-refractivity contribution in [3.63, 3.8) is 0 Å². The van der Waals surface area contributed by atoms with E-state index in [0.29, 0.717) is 23.2 Å². The van der Waals surface area contributed by atoms with E-state index in [1.807, 2.05) is 0 Å². The predicted octanol–water partition coefficient (Wildman–Crippen LogP) is 5.08. The maximum absolute atomic E-state index is 10.5. The second-order valence-corrected chi connectivity index (χ2v) is 11.2. The summed E-state index contributed by atoms with van der Waals surface area (Å²) in [4.78, 5) is 0. The zero-order valence-corrected chi connectivity index (χ0v) is 17.8. The molecule has 0 aromatic rings. The van der Waals surface area contributed by atoms with Gasteiger partial charge in [0, 0.05) is 0 Å². The highest BCUT2D eigenvalue weighted by atomic mass is 16.8. The highest BCUT2D eigenvalue weighted by Crippen LogP contribution is 2.69. The van der Waals surface area contributed by atoms with Crippen LogP contribution in [0.5, 0.6) is 0 Å². The molecule has 1 aliphatic heterocycles. The van der Waals surface area contributed by atoms with Crippen molar-refractivity contribution in [2.45, 2.75) is 104 Å². The third-order valence-corrected chi connectivity index (χ3v) is 9.70. The summed E-state index contributed by atoms with van der Waals surface area (Å²) in [7, 11) is 0. The summed E-state index contributed by atoms with van der Waals surface area (Å²) in [5.41, 5.74) is 2.33. The molecule has 1 N–H and O–H groups in total. The first-order valence-corrected chi connectivity index (χ1v) is 11.4. The summed E-state index contributed by atoms with van der Waals surface area (Å²) in [6.07, 6.45) is 10.8. The molecule has 4 saturated carbocycles. The first-order valence-electron chi connectivity index (χ1n) is 11.4. The molecule has 3 nitrogen and oxygen atoms in total. The van der Waals surface area contributed by atoms with Gasteiger partial charge in [-0.1, -0.05) is 25.5 Å². The van der Waals surface area contributed by atoms with Crippen molar-refractivity contribution >= 4 is 0 Å². The number of allylic oxidation sites excluding steroid dienone is 2. The Morgan fingerprint density at radius 2 is 1.67 bits per heavy atom. The second-order valence-electron chi connectivity index (χ2n) is 11.2. The van der Waals surface area contributed by atoms with E-state index in [9.17, 15) is 5.11 Å². The topological polar surface area (TPSA) is 38.7 Å². The Morgan fingerprint density at radius 1 is 0.926 bits per heavy atom. The Morgan fingerprint density at radius 3 is 2.41 bits per heavy atom. The number of rotatable bonds is 0. The van der Waals surface area contributed by atoms with Crippen LogP contribution >= 0.6 is 0 Å². The fraction of sp³-hybridized carbons (Fsp3) is 0.917. The summed E-state index contributed by atoms with van der Waals surface area (Å²) in [5, 5.41) is 10.5. The van der Waals surface area contributed by atoms with Gasteiger partial charge >= 0.3 is 0 Å². The van der Waals surface area contributed by atoms with Crippen molar-refractivity contribution in [2.75, 3.05) is 0 Å². The lowest BCUT2D eigenvalue weighted by atomic mass is 9.43. The lowest BCUT2D eigenvalue weighted by Crippen LogP contribution is -2.63. The van der Waals surface area contributed by atoms with Crippen molar-refractivity contribution in [1.82, 2.24) is 0 Å². The first kappa shape index (κ1) is 18.6. The summed E-state index contributed by atoms with van der Waals surface area (Å²) in [6.45, 7) is 11.5. The summed E-state index contributed by atoms with van der Waals surface area (Å²) in [6, 6.07) is 0. The molecule has 0 spiro atoms. The van der Waals surface area contributed by atoms with Crippen molar-refractivity contribution in [3.8, 4) is 0 Å². The normalized spacial score (nSPS) is 57.7. The Balaban J connectivity index is 1.59. The molecule has 0 radical (unpaired) electrons. The van der Waals surface area contributed by atoms with E-state index in [2.05, 4.69) is 40.7 Å². The van der Waals surface area contributed by atoms with Crippen LogP contribution in [0.3, 0.4) is 0 Å².